The first kappa shape index (κ1) is 13.7. The number of hydrogen-bond acceptors (Lipinski definition) is 3. The molecule has 0 atom stereocenters. The Balaban J connectivity index is 1.82. The summed E-state index contributed by atoms with van der Waals surface area (Å²) in [4.78, 5) is 2.40. The molecule has 0 fully saturated rings. The molecule has 1 N–H and O–H groups in total. The molecule has 2 aromatic carbocycles. The molecule has 0 saturated heterocycles. The van der Waals surface area contributed by atoms with E-state index in [1.54, 1.807) is 0 Å². The predicted octanol–water partition coefficient (Wildman–Crippen LogP) is 3.71. The number of anilines is 1. The minimum absolute atomic E-state index is 0.799. The van der Waals surface area contributed by atoms with Crippen LogP contribution in [0.4, 0.5) is 5.69 Å². The summed E-state index contributed by atoms with van der Waals surface area (Å²) in [6.45, 7) is 1.99. The van der Waals surface area contributed by atoms with Crippen molar-refractivity contribution in [1.29, 1.82) is 0 Å². The van der Waals surface area contributed by atoms with Gasteiger partial charge in [0, 0.05) is 24.3 Å². The second-order valence-corrected chi connectivity index (χ2v) is 5.39. The molecule has 0 aromatic heterocycles. The fourth-order valence-electron chi connectivity index (χ4n) is 2.93. The molecule has 0 aliphatic carbocycles. The van der Waals surface area contributed by atoms with Crippen LogP contribution in [0.25, 0.3) is 0 Å². The summed E-state index contributed by atoms with van der Waals surface area (Å²) in [5.74, 6) is 0. The SMILES string of the molecule is O/N=C1/CCCN(CCc2ccccc2)c2ccccc21. The normalized spacial score (nSPS) is 16.6. The van der Waals surface area contributed by atoms with Gasteiger partial charge in [-0.1, -0.05) is 53.7 Å². The molecule has 108 valence electrons. The van der Waals surface area contributed by atoms with Crippen LogP contribution < -0.4 is 4.90 Å². The van der Waals surface area contributed by atoms with Crippen LogP contribution in [0.2, 0.25) is 0 Å². The Bertz CT molecular complexity index is 622. The molecule has 2 aromatic rings. The maximum atomic E-state index is 9.23. The van der Waals surface area contributed by atoms with E-state index in [9.17, 15) is 5.21 Å². The summed E-state index contributed by atoms with van der Waals surface area (Å²) in [5, 5.41) is 12.7. The largest absolute Gasteiger partial charge is 0.411 e. The highest BCUT2D eigenvalue weighted by molar-refractivity contribution is 6.05. The number of nitrogens with zero attached hydrogens (tertiary/aromatic N) is 2. The molecule has 21 heavy (non-hydrogen) atoms. The van der Waals surface area contributed by atoms with Crippen molar-refractivity contribution in [2.75, 3.05) is 18.0 Å². The van der Waals surface area contributed by atoms with Gasteiger partial charge in [0.25, 0.3) is 0 Å². The quantitative estimate of drug-likeness (QED) is 0.687. The Labute approximate surface area is 125 Å². The van der Waals surface area contributed by atoms with E-state index in [0.29, 0.717) is 0 Å². The first-order valence-electron chi connectivity index (χ1n) is 7.47. The molecule has 1 heterocycles. The van der Waals surface area contributed by atoms with Gasteiger partial charge in [-0.15, -0.1) is 0 Å². The van der Waals surface area contributed by atoms with E-state index in [2.05, 4.69) is 52.5 Å². The minimum atomic E-state index is 0.799. The zero-order chi connectivity index (χ0) is 14.5. The van der Waals surface area contributed by atoms with Crippen LogP contribution >= 0.6 is 0 Å². The van der Waals surface area contributed by atoms with Gasteiger partial charge in [-0.25, -0.2) is 0 Å². The van der Waals surface area contributed by atoms with Crippen molar-refractivity contribution in [3.8, 4) is 0 Å². The van der Waals surface area contributed by atoms with E-state index in [0.717, 1.165) is 43.6 Å². The van der Waals surface area contributed by atoms with Crippen LogP contribution in [0.3, 0.4) is 0 Å². The maximum Gasteiger partial charge on any atom is 0.0889 e. The number of para-hydroxylation sites is 1. The van der Waals surface area contributed by atoms with Crippen molar-refractivity contribution >= 4 is 11.4 Å². The molecule has 0 amide bonds. The lowest BCUT2D eigenvalue weighted by molar-refractivity contribution is 0.318. The van der Waals surface area contributed by atoms with Gasteiger partial charge in [-0.2, -0.15) is 0 Å². The summed E-state index contributed by atoms with van der Waals surface area (Å²) < 4.78 is 0. The molecular weight excluding hydrogens is 260 g/mol. The Hall–Kier alpha value is -2.29. The fraction of sp³-hybridized carbons (Fsp3) is 0.278. The standard InChI is InChI=1S/C18H20N2O/c21-19-17-10-6-13-20(18-11-5-4-9-16(17)18)14-12-15-7-2-1-3-8-15/h1-5,7-9,11,21H,6,10,12-14H2/b19-17-. The van der Waals surface area contributed by atoms with Crippen LogP contribution in [-0.4, -0.2) is 24.0 Å². The van der Waals surface area contributed by atoms with E-state index in [1.165, 1.54) is 11.3 Å². The van der Waals surface area contributed by atoms with Crippen molar-refractivity contribution < 1.29 is 5.21 Å². The molecule has 1 aliphatic rings. The molecular formula is C18H20N2O. The summed E-state index contributed by atoms with van der Waals surface area (Å²) in [7, 11) is 0. The zero-order valence-corrected chi connectivity index (χ0v) is 12.1. The third-order valence-corrected chi connectivity index (χ3v) is 4.03. The topological polar surface area (TPSA) is 35.8 Å². The van der Waals surface area contributed by atoms with Gasteiger partial charge in [0.15, 0.2) is 0 Å². The van der Waals surface area contributed by atoms with Gasteiger partial charge in [-0.3, -0.25) is 0 Å². The first-order chi connectivity index (χ1) is 10.4. The Morgan fingerprint density at radius 3 is 2.57 bits per heavy atom. The molecule has 3 rings (SSSR count). The van der Waals surface area contributed by atoms with E-state index < -0.39 is 0 Å². The third kappa shape index (κ3) is 3.07. The van der Waals surface area contributed by atoms with Crippen LogP contribution in [-0.2, 0) is 6.42 Å². The molecule has 0 saturated carbocycles. The van der Waals surface area contributed by atoms with Crippen molar-refractivity contribution in [2.45, 2.75) is 19.3 Å². The zero-order valence-electron chi connectivity index (χ0n) is 12.1. The summed E-state index contributed by atoms with van der Waals surface area (Å²) in [6.07, 6.45) is 2.87. The third-order valence-electron chi connectivity index (χ3n) is 4.03. The first-order valence-corrected chi connectivity index (χ1v) is 7.47. The van der Waals surface area contributed by atoms with E-state index >= 15 is 0 Å². The van der Waals surface area contributed by atoms with E-state index in [4.69, 9.17) is 0 Å². The lowest BCUT2D eigenvalue weighted by atomic mass is 10.1. The Kier molecular flexibility index (Phi) is 4.20. The second kappa shape index (κ2) is 6.44. The van der Waals surface area contributed by atoms with E-state index in [-0.39, 0.29) is 0 Å². The smallest absolute Gasteiger partial charge is 0.0889 e. The molecule has 3 heteroatoms. The lowest BCUT2D eigenvalue weighted by Gasteiger charge is -2.24. The van der Waals surface area contributed by atoms with Gasteiger partial charge >= 0.3 is 0 Å². The van der Waals surface area contributed by atoms with Crippen molar-refractivity contribution in [2.24, 2.45) is 5.16 Å². The molecule has 0 spiro atoms. The minimum Gasteiger partial charge on any atom is -0.411 e. The highest BCUT2D eigenvalue weighted by Gasteiger charge is 2.19. The Morgan fingerprint density at radius 1 is 1.00 bits per heavy atom. The van der Waals surface area contributed by atoms with Gasteiger partial charge in [0.1, 0.15) is 0 Å². The summed E-state index contributed by atoms with van der Waals surface area (Å²) in [5.41, 5.74) is 4.40. The number of rotatable bonds is 3. The molecule has 3 nitrogen and oxygen atoms in total. The fourth-order valence-corrected chi connectivity index (χ4v) is 2.93. The highest BCUT2D eigenvalue weighted by Crippen LogP contribution is 2.26. The van der Waals surface area contributed by atoms with Crippen LogP contribution in [0.5, 0.6) is 0 Å². The van der Waals surface area contributed by atoms with Crippen molar-refractivity contribution in [3.05, 3.63) is 65.7 Å². The van der Waals surface area contributed by atoms with Gasteiger partial charge in [0.05, 0.1) is 5.71 Å². The number of hydrogen-bond donors (Lipinski definition) is 1. The Morgan fingerprint density at radius 2 is 1.76 bits per heavy atom. The number of fused-ring (bicyclic) bond motifs is 1. The van der Waals surface area contributed by atoms with Crippen molar-refractivity contribution in [3.63, 3.8) is 0 Å². The summed E-state index contributed by atoms with van der Waals surface area (Å²) >= 11 is 0. The van der Waals surface area contributed by atoms with Gasteiger partial charge < -0.3 is 10.1 Å². The predicted molar refractivity (Wildman–Crippen MR) is 86.4 cm³/mol. The molecule has 1 aliphatic heterocycles. The van der Waals surface area contributed by atoms with Crippen LogP contribution in [0.15, 0.2) is 59.8 Å². The number of oxime groups is 1. The highest BCUT2D eigenvalue weighted by atomic mass is 16.4. The lowest BCUT2D eigenvalue weighted by Crippen LogP contribution is -2.26. The summed E-state index contributed by atoms with van der Waals surface area (Å²) in [6, 6.07) is 18.8. The maximum absolute atomic E-state index is 9.23. The average molecular weight is 280 g/mol. The molecule has 0 unspecified atom stereocenters. The number of benzene rings is 2. The average Bonchev–Trinajstić information content (AvgIpc) is 2.73. The van der Waals surface area contributed by atoms with Crippen LogP contribution in [0.1, 0.15) is 24.0 Å². The molecule has 0 radical (unpaired) electrons. The van der Waals surface area contributed by atoms with Crippen molar-refractivity contribution in [1.82, 2.24) is 0 Å². The van der Waals surface area contributed by atoms with Crippen LogP contribution in [0, 0.1) is 0 Å². The van der Waals surface area contributed by atoms with E-state index in [1.807, 2.05) is 12.1 Å². The van der Waals surface area contributed by atoms with Gasteiger partial charge in [0.2, 0.25) is 0 Å². The van der Waals surface area contributed by atoms with Gasteiger partial charge in [-0.05, 0) is 30.9 Å². The monoisotopic (exact) mass is 280 g/mol. The molecule has 0 bridgehead atoms. The second-order valence-electron chi connectivity index (χ2n) is 5.39.